The average Bonchev–Trinajstić information content (AvgIpc) is 3.31. The monoisotopic (exact) mass is 411 g/mol. The molecule has 6 heteroatoms. The molecule has 0 aliphatic carbocycles. The number of amides is 2. The number of urea groups is 1. The minimum absolute atomic E-state index is 0.207. The van der Waals surface area contributed by atoms with Crippen LogP contribution in [0.4, 0.5) is 4.79 Å². The zero-order valence-corrected chi connectivity index (χ0v) is 17.4. The second-order valence-electron chi connectivity index (χ2n) is 7.49. The number of rotatable bonds is 7. The van der Waals surface area contributed by atoms with Gasteiger partial charge in [-0.1, -0.05) is 84.4 Å². The van der Waals surface area contributed by atoms with Gasteiger partial charge in [-0.2, -0.15) is 5.10 Å². The highest BCUT2D eigenvalue weighted by Gasteiger charge is 2.16. The van der Waals surface area contributed by atoms with E-state index in [1.165, 1.54) is 11.9 Å². The van der Waals surface area contributed by atoms with Gasteiger partial charge in [-0.25, -0.2) is 14.5 Å². The van der Waals surface area contributed by atoms with E-state index in [4.69, 9.17) is 0 Å². The molecule has 0 spiro atoms. The van der Waals surface area contributed by atoms with Crippen molar-refractivity contribution in [3.63, 3.8) is 0 Å². The number of aromatic nitrogens is 3. The third-order valence-electron chi connectivity index (χ3n) is 5.11. The maximum absolute atomic E-state index is 12.7. The Labute approximate surface area is 182 Å². The zero-order valence-electron chi connectivity index (χ0n) is 17.4. The first kappa shape index (κ1) is 20.3. The number of nitrogens with zero attached hydrogens (tertiary/aromatic N) is 3. The molecular formula is C25H25N5O. The quantitative estimate of drug-likeness (QED) is 0.478. The van der Waals surface area contributed by atoms with Crippen LogP contribution >= 0.6 is 0 Å². The van der Waals surface area contributed by atoms with Gasteiger partial charge >= 0.3 is 6.03 Å². The topological polar surface area (TPSA) is 71.8 Å². The molecule has 4 aromatic rings. The predicted molar refractivity (Wildman–Crippen MR) is 120 cm³/mol. The number of hydrogen-bond acceptors (Lipinski definition) is 3. The van der Waals surface area contributed by atoms with Crippen molar-refractivity contribution in [1.82, 2.24) is 25.4 Å². The van der Waals surface area contributed by atoms with Gasteiger partial charge in [0, 0.05) is 6.54 Å². The Morgan fingerprint density at radius 2 is 1.58 bits per heavy atom. The molecule has 0 saturated heterocycles. The molecule has 0 unspecified atom stereocenters. The van der Waals surface area contributed by atoms with E-state index in [-0.39, 0.29) is 12.1 Å². The Morgan fingerprint density at radius 1 is 0.903 bits per heavy atom. The van der Waals surface area contributed by atoms with Gasteiger partial charge < -0.3 is 10.6 Å². The SMILES string of the molecule is Cc1ccc([C@@H](NC(=O)NCc2ccc(Cn3cncn3)cc2)c2ccccc2)cc1. The smallest absolute Gasteiger partial charge is 0.315 e. The number of aryl methyl sites for hydroxylation is 1. The summed E-state index contributed by atoms with van der Waals surface area (Å²) in [6.07, 6.45) is 3.22. The van der Waals surface area contributed by atoms with Crippen LogP contribution in [0.2, 0.25) is 0 Å². The first-order chi connectivity index (χ1) is 15.2. The highest BCUT2D eigenvalue weighted by atomic mass is 16.2. The van der Waals surface area contributed by atoms with Crippen molar-refractivity contribution in [2.24, 2.45) is 0 Å². The van der Waals surface area contributed by atoms with Gasteiger partial charge in [0.2, 0.25) is 0 Å². The van der Waals surface area contributed by atoms with Crippen LogP contribution in [0.1, 0.15) is 33.9 Å². The lowest BCUT2D eigenvalue weighted by Gasteiger charge is -2.20. The highest BCUT2D eigenvalue weighted by molar-refractivity contribution is 5.75. The summed E-state index contributed by atoms with van der Waals surface area (Å²) in [5.74, 6) is 0. The van der Waals surface area contributed by atoms with Crippen molar-refractivity contribution in [3.8, 4) is 0 Å². The molecule has 0 radical (unpaired) electrons. The predicted octanol–water partition coefficient (Wildman–Crippen LogP) is 4.22. The molecule has 0 saturated carbocycles. The van der Waals surface area contributed by atoms with Gasteiger partial charge in [0.05, 0.1) is 12.6 Å². The Morgan fingerprint density at radius 3 is 2.26 bits per heavy atom. The van der Waals surface area contributed by atoms with Crippen LogP contribution in [-0.2, 0) is 13.1 Å². The third-order valence-corrected chi connectivity index (χ3v) is 5.11. The molecule has 31 heavy (non-hydrogen) atoms. The zero-order chi connectivity index (χ0) is 21.5. The number of benzene rings is 3. The van der Waals surface area contributed by atoms with Crippen LogP contribution < -0.4 is 10.6 Å². The van der Waals surface area contributed by atoms with E-state index in [0.717, 1.165) is 22.3 Å². The fourth-order valence-electron chi connectivity index (χ4n) is 3.39. The van der Waals surface area contributed by atoms with E-state index in [1.54, 1.807) is 11.0 Å². The molecule has 0 fully saturated rings. The van der Waals surface area contributed by atoms with Crippen molar-refractivity contribution in [1.29, 1.82) is 0 Å². The Bertz CT molecular complexity index is 1090. The lowest BCUT2D eigenvalue weighted by molar-refractivity contribution is 0.238. The minimum atomic E-state index is -0.216. The molecule has 0 bridgehead atoms. The summed E-state index contributed by atoms with van der Waals surface area (Å²) in [5.41, 5.74) is 5.43. The average molecular weight is 412 g/mol. The van der Waals surface area contributed by atoms with Gasteiger partial charge in [0.25, 0.3) is 0 Å². The van der Waals surface area contributed by atoms with Crippen LogP contribution in [0.15, 0.2) is 91.5 Å². The summed E-state index contributed by atoms with van der Waals surface area (Å²) in [7, 11) is 0. The molecule has 2 amide bonds. The maximum atomic E-state index is 12.7. The first-order valence-electron chi connectivity index (χ1n) is 10.2. The van der Waals surface area contributed by atoms with Crippen LogP contribution in [0.5, 0.6) is 0 Å². The molecular weight excluding hydrogens is 386 g/mol. The van der Waals surface area contributed by atoms with Crippen LogP contribution in [0.25, 0.3) is 0 Å². The lowest BCUT2D eigenvalue weighted by Crippen LogP contribution is -2.38. The summed E-state index contributed by atoms with van der Waals surface area (Å²) in [6.45, 7) is 3.17. The van der Waals surface area contributed by atoms with Crippen molar-refractivity contribution < 1.29 is 4.79 Å². The van der Waals surface area contributed by atoms with Crippen molar-refractivity contribution in [2.45, 2.75) is 26.1 Å². The number of nitrogens with one attached hydrogen (secondary N) is 2. The summed E-state index contributed by atoms with van der Waals surface area (Å²) < 4.78 is 1.77. The fraction of sp³-hybridized carbons (Fsp3) is 0.160. The Hall–Kier alpha value is -3.93. The largest absolute Gasteiger partial charge is 0.334 e. The van der Waals surface area contributed by atoms with Crippen molar-refractivity contribution in [2.75, 3.05) is 0 Å². The first-order valence-corrected chi connectivity index (χ1v) is 10.2. The molecule has 0 aliphatic rings. The molecule has 4 rings (SSSR count). The maximum Gasteiger partial charge on any atom is 0.315 e. The molecule has 2 N–H and O–H groups in total. The van der Waals surface area contributed by atoms with Gasteiger partial charge in [-0.05, 0) is 29.2 Å². The fourth-order valence-corrected chi connectivity index (χ4v) is 3.39. The highest BCUT2D eigenvalue weighted by Crippen LogP contribution is 2.22. The van der Waals surface area contributed by atoms with Gasteiger partial charge in [0.15, 0.2) is 0 Å². The number of carbonyl (C=O) groups is 1. The molecule has 1 aromatic heterocycles. The van der Waals surface area contributed by atoms with E-state index in [2.05, 4.69) is 51.9 Å². The molecule has 0 aliphatic heterocycles. The van der Waals surface area contributed by atoms with Crippen molar-refractivity contribution in [3.05, 3.63) is 119 Å². The molecule has 6 nitrogen and oxygen atoms in total. The van der Waals surface area contributed by atoms with Gasteiger partial charge in [-0.15, -0.1) is 0 Å². The number of carbonyl (C=O) groups excluding carboxylic acids is 1. The second kappa shape index (κ2) is 9.71. The standard InChI is InChI=1S/C25H25N5O/c1-19-7-13-23(14-8-19)24(22-5-3-2-4-6-22)29-25(31)27-15-20-9-11-21(12-10-20)16-30-18-26-17-28-30/h2-14,17-18,24H,15-16H2,1H3,(H2,27,29,31)/t24-/m0/s1. The third kappa shape index (κ3) is 5.57. The number of hydrogen-bond donors (Lipinski definition) is 2. The molecule has 1 heterocycles. The van der Waals surface area contributed by atoms with Gasteiger partial charge in [0.1, 0.15) is 12.7 Å². The summed E-state index contributed by atoms with van der Waals surface area (Å²) in [6, 6.07) is 25.9. The van der Waals surface area contributed by atoms with Crippen LogP contribution in [-0.4, -0.2) is 20.8 Å². The minimum Gasteiger partial charge on any atom is -0.334 e. The van der Waals surface area contributed by atoms with E-state index in [1.807, 2.05) is 54.6 Å². The Balaban J connectivity index is 1.38. The molecule has 1 atom stereocenters. The van der Waals surface area contributed by atoms with E-state index >= 15 is 0 Å². The molecule has 3 aromatic carbocycles. The summed E-state index contributed by atoms with van der Waals surface area (Å²) in [4.78, 5) is 16.6. The second-order valence-corrected chi connectivity index (χ2v) is 7.49. The Kier molecular flexibility index (Phi) is 6.38. The van der Waals surface area contributed by atoms with E-state index in [9.17, 15) is 4.79 Å². The normalized spacial score (nSPS) is 11.6. The summed E-state index contributed by atoms with van der Waals surface area (Å²) >= 11 is 0. The van der Waals surface area contributed by atoms with E-state index in [0.29, 0.717) is 13.1 Å². The van der Waals surface area contributed by atoms with Gasteiger partial charge in [-0.3, -0.25) is 0 Å². The van der Waals surface area contributed by atoms with Crippen molar-refractivity contribution >= 4 is 6.03 Å². The van der Waals surface area contributed by atoms with Crippen LogP contribution in [0, 0.1) is 6.92 Å². The summed E-state index contributed by atoms with van der Waals surface area (Å²) in [5, 5.41) is 10.2. The van der Waals surface area contributed by atoms with E-state index < -0.39 is 0 Å². The molecule has 156 valence electrons. The lowest BCUT2D eigenvalue weighted by atomic mass is 9.98. The van der Waals surface area contributed by atoms with Crippen LogP contribution in [0.3, 0.4) is 0 Å².